The fraction of sp³-hybridized carbons (Fsp3) is 0.273. The van der Waals surface area contributed by atoms with Crippen molar-refractivity contribution >= 4 is 27.3 Å². The molecule has 1 fully saturated rings. The molecule has 2 atom stereocenters. The molecule has 2 heterocycles. The normalized spacial score (nSPS) is 18.9. The Labute approximate surface area is 205 Å². The average molecular weight is 550 g/mol. The standard InChI is InChI=1S/C22H17F6N3O3S2/c23-14-1-3-17(4-2-14)36(33,34)31-10-16(25)8-19(31)20(32)29-9-12-5-13(7-15(24)6-12)18-11-35-21(30-18)22(26,27)28/h1-7,11,16,19H,8-10H2,(H,29,32). The highest BCUT2D eigenvalue weighted by Crippen LogP contribution is 2.34. The summed E-state index contributed by atoms with van der Waals surface area (Å²) in [6.45, 7) is -0.884. The number of rotatable bonds is 6. The van der Waals surface area contributed by atoms with Crippen LogP contribution in [0.4, 0.5) is 26.3 Å². The lowest BCUT2D eigenvalue weighted by Crippen LogP contribution is -2.45. The van der Waals surface area contributed by atoms with Crippen LogP contribution < -0.4 is 5.32 Å². The third kappa shape index (κ3) is 5.55. The lowest BCUT2D eigenvalue weighted by atomic mass is 10.1. The van der Waals surface area contributed by atoms with E-state index in [1.165, 1.54) is 6.07 Å². The van der Waals surface area contributed by atoms with Crippen molar-refractivity contribution in [2.75, 3.05) is 6.54 Å². The molecule has 4 rings (SSSR count). The molecular weight excluding hydrogens is 532 g/mol. The second-order valence-electron chi connectivity index (χ2n) is 7.98. The third-order valence-electron chi connectivity index (χ3n) is 5.39. The first-order valence-electron chi connectivity index (χ1n) is 10.4. The predicted octanol–water partition coefficient (Wildman–Crippen LogP) is 4.52. The Morgan fingerprint density at radius 1 is 1.11 bits per heavy atom. The van der Waals surface area contributed by atoms with Gasteiger partial charge in [-0.3, -0.25) is 4.79 Å². The van der Waals surface area contributed by atoms with Crippen molar-refractivity contribution in [3.8, 4) is 11.3 Å². The van der Waals surface area contributed by atoms with Gasteiger partial charge in [0.15, 0.2) is 5.01 Å². The van der Waals surface area contributed by atoms with Gasteiger partial charge in [-0.25, -0.2) is 26.6 Å². The highest BCUT2D eigenvalue weighted by molar-refractivity contribution is 7.89. The van der Waals surface area contributed by atoms with Gasteiger partial charge in [0.1, 0.15) is 23.8 Å². The van der Waals surface area contributed by atoms with E-state index in [1.54, 1.807) is 0 Å². The predicted molar refractivity (Wildman–Crippen MR) is 118 cm³/mol. The van der Waals surface area contributed by atoms with Gasteiger partial charge in [-0.1, -0.05) is 0 Å². The second kappa shape index (κ2) is 9.82. The Hall–Kier alpha value is -2.97. The van der Waals surface area contributed by atoms with E-state index in [1.807, 2.05) is 0 Å². The monoisotopic (exact) mass is 549 g/mol. The molecule has 1 N–H and O–H groups in total. The van der Waals surface area contributed by atoms with Crippen LogP contribution in [-0.4, -0.2) is 42.4 Å². The first-order valence-corrected chi connectivity index (χ1v) is 12.7. The number of alkyl halides is 4. The van der Waals surface area contributed by atoms with E-state index in [-0.39, 0.29) is 28.3 Å². The van der Waals surface area contributed by atoms with Crippen LogP contribution in [0.1, 0.15) is 17.0 Å². The maximum Gasteiger partial charge on any atom is 0.443 e. The average Bonchev–Trinajstić information content (AvgIpc) is 3.45. The van der Waals surface area contributed by atoms with Crippen LogP contribution in [0.3, 0.4) is 0 Å². The molecule has 0 spiro atoms. The summed E-state index contributed by atoms with van der Waals surface area (Å²) in [7, 11) is -4.32. The van der Waals surface area contributed by atoms with Crippen LogP contribution in [0, 0.1) is 11.6 Å². The number of amides is 1. The fourth-order valence-electron chi connectivity index (χ4n) is 3.75. The molecule has 0 aliphatic carbocycles. The zero-order chi connectivity index (χ0) is 26.3. The van der Waals surface area contributed by atoms with Gasteiger partial charge >= 0.3 is 6.18 Å². The molecule has 6 nitrogen and oxygen atoms in total. The SMILES string of the molecule is O=C(NCc1cc(F)cc(-c2csc(C(F)(F)F)n2)c1)C1CC(F)CN1S(=O)(=O)c1ccc(F)cc1. The number of aromatic nitrogens is 1. The van der Waals surface area contributed by atoms with Crippen molar-refractivity contribution in [2.24, 2.45) is 0 Å². The smallest absolute Gasteiger partial charge is 0.351 e. The summed E-state index contributed by atoms with van der Waals surface area (Å²) in [5.74, 6) is -2.31. The quantitative estimate of drug-likeness (QED) is 0.459. The Balaban J connectivity index is 1.50. The van der Waals surface area contributed by atoms with Crippen LogP contribution >= 0.6 is 11.3 Å². The fourth-order valence-corrected chi connectivity index (χ4v) is 6.07. The Morgan fingerprint density at radius 3 is 2.44 bits per heavy atom. The molecule has 1 saturated heterocycles. The molecule has 1 aliphatic heterocycles. The zero-order valence-corrected chi connectivity index (χ0v) is 19.7. The van der Waals surface area contributed by atoms with Crippen molar-refractivity contribution < 1.29 is 39.6 Å². The number of nitrogens with one attached hydrogen (secondary N) is 1. The maximum absolute atomic E-state index is 14.2. The molecular formula is C22H17F6N3O3S2. The van der Waals surface area contributed by atoms with Gasteiger partial charge in [0.2, 0.25) is 15.9 Å². The summed E-state index contributed by atoms with van der Waals surface area (Å²) < 4.78 is 107. The summed E-state index contributed by atoms with van der Waals surface area (Å²) >= 11 is 0.353. The molecule has 1 aliphatic rings. The summed E-state index contributed by atoms with van der Waals surface area (Å²) in [4.78, 5) is 15.9. The number of halogens is 6. The molecule has 1 amide bonds. The summed E-state index contributed by atoms with van der Waals surface area (Å²) in [5, 5.41) is 2.45. The third-order valence-corrected chi connectivity index (χ3v) is 8.17. The van der Waals surface area contributed by atoms with Crippen LogP contribution in [-0.2, 0) is 27.5 Å². The molecule has 0 saturated carbocycles. The molecule has 3 aromatic rings. The van der Waals surface area contributed by atoms with Crippen LogP contribution in [0.15, 0.2) is 52.7 Å². The largest absolute Gasteiger partial charge is 0.443 e. The number of carbonyl (C=O) groups excluding carboxylic acids is 1. The van der Waals surface area contributed by atoms with Gasteiger partial charge in [-0.2, -0.15) is 17.5 Å². The molecule has 1 aromatic heterocycles. The second-order valence-corrected chi connectivity index (χ2v) is 10.7. The lowest BCUT2D eigenvalue weighted by Gasteiger charge is -2.23. The number of carbonyl (C=O) groups is 1. The van der Waals surface area contributed by atoms with Gasteiger partial charge in [-0.15, -0.1) is 11.3 Å². The van der Waals surface area contributed by atoms with Gasteiger partial charge in [0.05, 0.1) is 10.6 Å². The maximum atomic E-state index is 14.2. The lowest BCUT2D eigenvalue weighted by molar-refractivity contribution is -0.137. The van der Waals surface area contributed by atoms with E-state index in [0.29, 0.717) is 15.6 Å². The zero-order valence-electron chi connectivity index (χ0n) is 18.1. The van der Waals surface area contributed by atoms with E-state index in [0.717, 1.165) is 41.8 Å². The van der Waals surface area contributed by atoms with Crippen LogP contribution in [0.25, 0.3) is 11.3 Å². The number of sulfonamides is 1. The van der Waals surface area contributed by atoms with E-state index in [2.05, 4.69) is 10.3 Å². The number of hydrogen-bond donors (Lipinski definition) is 1. The van der Waals surface area contributed by atoms with Gasteiger partial charge in [0, 0.05) is 30.5 Å². The van der Waals surface area contributed by atoms with Gasteiger partial charge in [0.25, 0.3) is 0 Å². The molecule has 14 heteroatoms. The minimum absolute atomic E-state index is 0.0520. The van der Waals surface area contributed by atoms with Crippen LogP contribution in [0.5, 0.6) is 0 Å². The minimum Gasteiger partial charge on any atom is -0.351 e. The van der Waals surface area contributed by atoms with Crippen molar-refractivity contribution in [1.29, 1.82) is 0 Å². The molecule has 36 heavy (non-hydrogen) atoms. The number of thiazole rings is 1. The van der Waals surface area contributed by atoms with E-state index in [4.69, 9.17) is 0 Å². The van der Waals surface area contributed by atoms with Gasteiger partial charge in [-0.05, 0) is 48.0 Å². The first-order chi connectivity index (χ1) is 16.8. The van der Waals surface area contributed by atoms with Crippen molar-refractivity contribution in [3.05, 3.63) is 70.1 Å². The van der Waals surface area contributed by atoms with Crippen molar-refractivity contribution in [1.82, 2.24) is 14.6 Å². The molecule has 2 aromatic carbocycles. The van der Waals surface area contributed by atoms with E-state index >= 15 is 0 Å². The van der Waals surface area contributed by atoms with Gasteiger partial charge < -0.3 is 5.32 Å². The topological polar surface area (TPSA) is 79.4 Å². The number of hydrogen-bond acceptors (Lipinski definition) is 5. The van der Waals surface area contributed by atoms with E-state index < -0.39 is 63.9 Å². The highest BCUT2D eigenvalue weighted by Gasteiger charge is 2.44. The van der Waals surface area contributed by atoms with Crippen molar-refractivity contribution in [2.45, 2.75) is 36.3 Å². The first kappa shape index (κ1) is 26.1. The van der Waals surface area contributed by atoms with Crippen molar-refractivity contribution in [3.63, 3.8) is 0 Å². The molecule has 2 unspecified atom stereocenters. The Kier molecular flexibility index (Phi) is 7.12. The molecule has 0 radical (unpaired) electrons. The Bertz CT molecular complexity index is 1380. The summed E-state index contributed by atoms with van der Waals surface area (Å²) in [6.07, 6.45) is -6.69. The van der Waals surface area contributed by atoms with E-state index in [9.17, 15) is 39.6 Å². The molecule has 192 valence electrons. The summed E-state index contributed by atoms with van der Waals surface area (Å²) in [5.41, 5.74) is 0.117. The minimum atomic E-state index is -4.65. The number of benzene rings is 2. The Morgan fingerprint density at radius 2 is 1.81 bits per heavy atom. The molecule has 0 bridgehead atoms. The highest BCUT2D eigenvalue weighted by atomic mass is 32.2. The summed E-state index contributed by atoms with van der Waals surface area (Å²) in [6, 6.07) is 5.81. The number of nitrogens with zero attached hydrogens (tertiary/aromatic N) is 2. The van der Waals surface area contributed by atoms with Crippen LogP contribution in [0.2, 0.25) is 0 Å².